The predicted octanol–water partition coefficient (Wildman–Crippen LogP) is 1.04. The van der Waals surface area contributed by atoms with Gasteiger partial charge in [-0.25, -0.2) is 18.1 Å². The highest BCUT2D eigenvalue weighted by atomic mass is 32.2. The maximum absolute atomic E-state index is 11.2. The number of likely N-dealkylation sites (tertiary alicyclic amines) is 1. The molecule has 120 valence electrons. The molecule has 0 amide bonds. The van der Waals surface area contributed by atoms with E-state index in [2.05, 4.69) is 15.0 Å². The van der Waals surface area contributed by atoms with Gasteiger partial charge in [0.15, 0.2) is 0 Å². The fourth-order valence-corrected chi connectivity index (χ4v) is 3.69. The molecule has 1 aromatic heterocycles. The van der Waals surface area contributed by atoms with Crippen molar-refractivity contribution >= 4 is 9.84 Å². The number of aryl methyl sites for hydroxylation is 2. The topological polar surface area (TPSA) is 68.1 Å². The largest absolute Gasteiger partial charge is 0.303 e. The molecule has 7 heteroatoms. The maximum atomic E-state index is 11.2. The fraction of sp³-hybridized carbons (Fsp3) is 0.857. The summed E-state index contributed by atoms with van der Waals surface area (Å²) in [7, 11) is -2.84. The third-order valence-electron chi connectivity index (χ3n) is 3.99. The second kappa shape index (κ2) is 6.87. The number of aromatic nitrogens is 3. The Morgan fingerprint density at radius 2 is 2.10 bits per heavy atom. The molecule has 0 bridgehead atoms. The van der Waals surface area contributed by atoms with E-state index in [1.807, 2.05) is 18.5 Å². The number of nitrogens with zero attached hydrogens (tertiary/aromatic N) is 4. The van der Waals surface area contributed by atoms with E-state index >= 15 is 0 Å². The first-order valence-electron chi connectivity index (χ1n) is 7.61. The van der Waals surface area contributed by atoms with Crippen LogP contribution in [-0.2, 0) is 16.4 Å². The first kappa shape index (κ1) is 16.4. The fourth-order valence-electron chi connectivity index (χ4n) is 3.03. The quantitative estimate of drug-likeness (QED) is 0.785. The third-order valence-corrected chi connectivity index (χ3v) is 5.02. The van der Waals surface area contributed by atoms with E-state index in [0.717, 1.165) is 44.2 Å². The van der Waals surface area contributed by atoms with Gasteiger partial charge in [-0.2, -0.15) is 5.10 Å². The van der Waals surface area contributed by atoms with E-state index in [-0.39, 0.29) is 5.75 Å². The molecule has 2 heterocycles. The molecule has 21 heavy (non-hydrogen) atoms. The highest BCUT2D eigenvalue weighted by Gasteiger charge is 2.21. The SMILES string of the molecule is Cc1nc(C)n(C[C@H]2CCCN(CCCS(C)(=O)=O)C2)n1. The van der Waals surface area contributed by atoms with E-state index < -0.39 is 9.84 Å². The number of rotatable bonds is 6. The molecule has 1 atom stereocenters. The Bertz CT molecular complexity index is 568. The van der Waals surface area contributed by atoms with E-state index in [1.54, 1.807) is 0 Å². The smallest absolute Gasteiger partial charge is 0.147 e. The minimum absolute atomic E-state index is 0.287. The summed E-state index contributed by atoms with van der Waals surface area (Å²) in [6.07, 6.45) is 4.42. The van der Waals surface area contributed by atoms with E-state index in [1.165, 1.54) is 19.1 Å². The lowest BCUT2D eigenvalue weighted by Crippen LogP contribution is -2.38. The van der Waals surface area contributed by atoms with Gasteiger partial charge < -0.3 is 4.90 Å². The molecule has 0 aliphatic carbocycles. The van der Waals surface area contributed by atoms with E-state index in [4.69, 9.17) is 0 Å². The molecule has 1 aliphatic rings. The Balaban J connectivity index is 1.82. The molecule has 1 aliphatic heterocycles. The Hall–Kier alpha value is -0.950. The Labute approximate surface area is 127 Å². The van der Waals surface area contributed by atoms with Gasteiger partial charge in [-0.15, -0.1) is 0 Å². The van der Waals surface area contributed by atoms with Crippen molar-refractivity contribution < 1.29 is 8.42 Å². The van der Waals surface area contributed by atoms with E-state index in [9.17, 15) is 8.42 Å². The van der Waals surface area contributed by atoms with Gasteiger partial charge in [0.1, 0.15) is 21.5 Å². The van der Waals surface area contributed by atoms with Gasteiger partial charge in [-0.05, 0) is 52.1 Å². The van der Waals surface area contributed by atoms with Crippen LogP contribution in [0.3, 0.4) is 0 Å². The van der Waals surface area contributed by atoms with Crippen molar-refractivity contribution in [1.29, 1.82) is 0 Å². The third kappa shape index (κ3) is 5.39. The molecule has 0 aromatic carbocycles. The van der Waals surface area contributed by atoms with Gasteiger partial charge in [0.25, 0.3) is 0 Å². The highest BCUT2D eigenvalue weighted by Crippen LogP contribution is 2.19. The summed E-state index contributed by atoms with van der Waals surface area (Å²) in [5, 5.41) is 4.43. The molecule has 0 unspecified atom stereocenters. The standard InChI is InChI=1S/C14H26N4O2S/c1-12-15-13(2)18(16-12)11-14-6-4-7-17(10-14)8-5-9-21(3,19)20/h14H,4-11H2,1-3H3/t14-/m0/s1. The number of hydrogen-bond donors (Lipinski definition) is 0. The lowest BCUT2D eigenvalue weighted by atomic mass is 9.98. The molecule has 2 rings (SSSR count). The highest BCUT2D eigenvalue weighted by molar-refractivity contribution is 7.90. The van der Waals surface area contributed by atoms with Crippen molar-refractivity contribution in [2.75, 3.05) is 31.6 Å². The van der Waals surface area contributed by atoms with Crippen molar-refractivity contribution in [3.63, 3.8) is 0 Å². The van der Waals surface area contributed by atoms with Gasteiger partial charge in [0.05, 0.1) is 5.75 Å². The predicted molar refractivity (Wildman–Crippen MR) is 83.0 cm³/mol. The molecule has 6 nitrogen and oxygen atoms in total. The van der Waals surface area contributed by atoms with Crippen LogP contribution in [0.1, 0.15) is 30.9 Å². The summed E-state index contributed by atoms with van der Waals surface area (Å²) in [6.45, 7) is 7.81. The number of sulfone groups is 1. The average molecular weight is 314 g/mol. The summed E-state index contributed by atoms with van der Waals surface area (Å²) in [4.78, 5) is 6.73. The minimum Gasteiger partial charge on any atom is -0.303 e. The van der Waals surface area contributed by atoms with Crippen LogP contribution in [0.2, 0.25) is 0 Å². The summed E-state index contributed by atoms with van der Waals surface area (Å²) in [6, 6.07) is 0. The zero-order valence-electron chi connectivity index (χ0n) is 13.2. The van der Waals surface area contributed by atoms with Gasteiger partial charge >= 0.3 is 0 Å². The summed E-state index contributed by atoms with van der Waals surface area (Å²) in [5.74, 6) is 2.67. The lowest BCUT2D eigenvalue weighted by molar-refractivity contribution is 0.159. The molecular weight excluding hydrogens is 288 g/mol. The van der Waals surface area contributed by atoms with Crippen LogP contribution in [0.4, 0.5) is 0 Å². The number of piperidine rings is 1. The summed E-state index contributed by atoms with van der Waals surface area (Å²) < 4.78 is 24.4. The normalized spacial score (nSPS) is 20.8. The second-order valence-electron chi connectivity index (χ2n) is 6.18. The van der Waals surface area contributed by atoms with Crippen LogP contribution >= 0.6 is 0 Å². The first-order valence-corrected chi connectivity index (χ1v) is 9.67. The van der Waals surface area contributed by atoms with Crippen molar-refractivity contribution in [3.8, 4) is 0 Å². The van der Waals surface area contributed by atoms with Gasteiger partial charge in [-0.3, -0.25) is 0 Å². The summed E-state index contributed by atoms with van der Waals surface area (Å²) in [5.41, 5.74) is 0. The van der Waals surface area contributed by atoms with Crippen molar-refractivity contribution in [1.82, 2.24) is 19.7 Å². The molecule has 1 aromatic rings. The zero-order valence-corrected chi connectivity index (χ0v) is 14.1. The van der Waals surface area contributed by atoms with Gasteiger partial charge in [0.2, 0.25) is 0 Å². The molecule has 1 saturated heterocycles. The van der Waals surface area contributed by atoms with Crippen molar-refractivity contribution in [2.45, 2.75) is 39.7 Å². The van der Waals surface area contributed by atoms with Gasteiger partial charge in [0, 0.05) is 19.3 Å². The molecule has 0 saturated carbocycles. The number of hydrogen-bond acceptors (Lipinski definition) is 5. The van der Waals surface area contributed by atoms with E-state index in [0.29, 0.717) is 5.92 Å². The van der Waals surface area contributed by atoms with Crippen molar-refractivity contribution in [3.05, 3.63) is 11.6 Å². The maximum Gasteiger partial charge on any atom is 0.147 e. The Morgan fingerprint density at radius 3 is 2.71 bits per heavy atom. The van der Waals surface area contributed by atoms with Crippen LogP contribution in [0, 0.1) is 19.8 Å². The van der Waals surface area contributed by atoms with Crippen LogP contribution in [-0.4, -0.2) is 59.7 Å². The minimum atomic E-state index is -2.84. The van der Waals surface area contributed by atoms with Gasteiger partial charge in [-0.1, -0.05) is 0 Å². The van der Waals surface area contributed by atoms with Crippen LogP contribution < -0.4 is 0 Å². The molecule has 0 N–H and O–H groups in total. The average Bonchev–Trinajstić information content (AvgIpc) is 2.66. The Kier molecular flexibility index (Phi) is 5.37. The van der Waals surface area contributed by atoms with Crippen molar-refractivity contribution in [2.24, 2.45) is 5.92 Å². The van der Waals surface area contributed by atoms with Crippen LogP contribution in [0.5, 0.6) is 0 Å². The van der Waals surface area contributed by atoms with Crippen LogP contribution in [0.15, 0.2) is 0 Å². The zero-order chi connectivity index (χ0) is 15.5. The monoisotopic (exact) mass is 314 g/mol. The Morgan fingerprint density at radius 1 is 1.33 bits per heavy atom. The molecule has 1 fully saturated rings. The molecular formula is C14H26N4O2S. The molecule has 0 radical (unpaired) electrons. The second-order valence-corrected chi connectivity index (χ2v) is 8.44. The van der Waals surface area contributed by atoms with Crippen LogP contribution in [0.25, 0.3) is 0 Å². The lowest BCUT2D eigenvalue weighted by Gasteiger charge is -2.32. The summed E-state index contributed by atoms with van der Waals surface area (Å²) >= 11 is 0. The first-order chi connectivity index (χ1) is 9.83. The molecule has 0 spiro atoms.